The topological polar surface area (TPSA) is 34.1 Å². The van der Waals surface area contributed by atoms with E-state index in [4.69, 9.17) is 4.74 Å². The Kier molecular flexibility index (Phi) is 5.76. The lowest BCUT2D eigenvalue weighted by Gasteiger charge is -2.14. The predicted molar refractivity (Wildman–Crippen MR) is 88.9 cm³/mol. The Bertz CT molecular complexity index is 578. The third-order valence-electron chi connectivity index (χ3n) is 3.17. The van der Waals surface area contributed by atoms with Crippen LogP contribution in [-0.4, -0.2) is 11.5 Å². The van der Waals surface area contributed by atoms with Gasteiger partial charge in [-0.1, -0.05) is 32.0 Å². The lowest BCUT2D eigenvalue weighted by Crippen LogP contribution is -2.19. The minimum Gasteiger partial charge on any atom is -0.486 e. The van der Waals surface area contributed by atoms with Crippen molar-refractivity contribution < 1.29 is 4.74 Å². The molecule has 2 rings (SSSR count). The van der Waals surface area contributed by atoms with E-state index < -0.39 is 0 Å². The molecule has 3 nitrogen and oxygen atoms in total. The fourth-order valence-corrected chi connectivity index (χ4v) is 2.84. The lowest BCUT2D eigenvalue weighted by molar-refractivity contribution is 0.299. The smallest absolute Gasteiger partial charge is 0.140 e. The van der Waals surface area contributed by atoms with Crippen molar-refractivity contribution in [2.75, 3.05) is 6.54 Å². The molecule has 0 radical (unpaired) electrons. The summed E-state index contributed by atoms with van der Waals surface area (Å²) >= 11 is 1.65. The van der Waals surface area contributed by atoms with Gasteiger partial charge in [0.25, 0.3) is 0 Å². The number of thiazole rings is 1. The molecule has 1 N–H and O–H groups in total. The van der Waals surface area contributed by atoms with Crippen LogP contribution in [0, 0.1) is 19.8 Å². The summed E-state index contributed by atoms with van der Waals surface area (Å²) in [6, 6.07) is 6.30. The second kappa shape index (κ2) is 7.57. The summed E-state index contributed by atoms with van der Waals surface area (Å²) in [5.74, 6) is 1.64. The maximum atomic E-state index is 6.03. The van der Waals surface area contributed by atoms with E-state index in [0.717, 1.165) is 29.5 Å². The van der Waals surface area contributed by atoms with Crippen LogP contribution in [0.1, 0.15) is 35.7 Å². The minimum atomic E-state index is 0.542. The summed E-state index contributed by atoms with van der Waals surface area (Å²) in [4.78, 5) is 4.45. The van der Waals surface area contributed by atoms with Crippen LogP contribution < -0.4 is 10.1 Å². The van der Waals surface area contributed by atoms with Gasteiger partial charge in [-0.15, -0.1) is 11.3 Å². The highest BCUT2D eigenvalue weighted by Crippen LogP contribution is 2.25. The number of hydrogen-bond acceptors (Lipinski definition) is 4. The molecule has 114 valence electrons. The van der Waals surface area contributed by atoms with Gasteiger partial charge in [-0.2, -0.15) is 0 Å². The fraction of sp³-hybridized carbons (Fsp3) is 0.471. The molecule has 1 aromatic heterocycles. The second-order valence-corrected chi connectivity index (χ2v) is 6.70. The first-order valence-corrected chi connectivity index (χ1v) is 8.27. The molecule has 1 heterocycles. The zero-order valence-corrected chi connectivity index (χ0v) is 14.1. The number of hydrogen-bond donors (Lipinski definition) is 1. The SMILES string of the molecule is Cc1csc(COc2c(C)cccc2CNCC(C)C)n1. The first kappa shape index (κ1) is 16.0. The van der Waals surface area contributed by atoms with Gasteiger partial charge in [0.1, 0.15) is 17.4 Å². The maximum absolute atomic E-state index is 6.03. The number of aryl methyl sites for hydroxylation is 2. The molecule has 4 heteroatoms. The number of ether oxygens (including phenoxy) is 1. The molecule has 2 aromatic rings. The van der Waals surface area contributed by atoms with E-state index in [9.17, 15) is 0 Å². The quantitative estimate of drug-likeness (QED) is 0.837. The van der Waals surface area contributed by atoms with Crippen LogP contribution in [0.4, 0.5) is 0 Å². The number of aromatic nitrogens is 1. The van der Waals surface area contributed by atoms with E-state index in [1.165, 1.54) is 11.1 Å². The van der Waals surface area contributed by atoms with Crippen LogP contribution in [-0.2, 0) is 13.2 Å². The normalized spacial score (nSPS) is 11.1. The average Bonchev–Trinajstić information content (AvgIpc) is 2.83. The van der Waals surface area contributed by atoms with E-state index in [0.29, 0.717) is 12.5 Å². The number of rotatable bonds is 7. The highest BCUT2D eigenvalue weighted by Gasteiger charge is 2.08. The van der Waals surface area contributed by atoms with Gasteiger partial charge >= 0.3 is 0 Å². The molecule has 0 atom stereocenters. The largest absolute Gasteiger partial charge is 0.486 e. The fourth-order valence-electron chi connectivity index (χ4n) is 2.16. The molecule has 0 aliphatic rings. The summed E-state index contributed by atoms with van der Waals surface area (Å²) in [5.41, 5.74) is 3.44. The standard InChI is InChI=1S/C17H24N2OS/c1-12(2)8-18-9-15-7-5-6-13(3)17(15)20-10-16-19-14(4)11-21-16/h5-7,11-12,18H,8-10H2,1-4H3. The van der Waals surface area contributed by atoms with E-state index in [-0.39, 0.29) is 0 Å². The Labute approximate surface area is 131 Å². The molecule has 0 fully saturated rings. The summed E-state index contributed by atoms with van der Waals surface area (Å²) in [5, 5.41) is 6.56. The number of nitrogens with zero attached hydrogens (tertiary/aromatic N) is 1. The third kappa shape index (κ3) is 4.83. The molecule has 0 saturated heterocycles. The third-order valence-corrected chi connectivity index (χ3v) is 4.11. The molecular weight excluding hydrogens is 280 g/mol. The second-order valence-electron chi connectivity index (χ2n) is 5.76. The van der Waals surface area contributed by atoms with Gasteiger partial charge < -0.3 is 10.1 Å². The van der Waals surface area contributed by atoms with E-state index in [1.807, 2.05) is 6.92 Å². The number of para-hydroxylation sites is 1. The van der Waals surface area contributed by atoms with Gasteiger partial charge in [-0.05, 0) is 31.9 Å². The Morgan fingerprint density at radius 3 is 2.76 bits per heavy atom. The molecule has 21 heavy (non-hydrogen) atoms. The van der Waals surface area contributed by atoms with Gasteiger partial charge in [0.2, 0.25) is 0 Å². The van der Waals surface area contributed by atoms with Crippen LogP contribution in [0.15, 0.2) is 23.6 Å². The highest BCUT2D eigenvalue weighted by molar-refractivity contribution is 7.09. The summed E-state index contributed by atoms with van der Waals surface area (Å²) in [7, 11) is 0. The Balaban J connectivity index is 2.02. The molecule has 0 aliphatic heterocycles. The first-order valence-electron chi connectivity index (χ1n) is 7.39. The van der Waals surface area contributed by atoms with E-state index >= 15 is 0 Å². The molecule has 0 unspecified atom stereocenters. The monoisotopic (exact) mass is 304 g/mol. The molecule has 0 aliphatic carbocycles. The van der Waals surface area contributed by atoms with Gasteiger partial charge in [0.15, 0.2) is 0 Å². The average molecular weight is 304 g/mol. The van der Waals surface area contributed by atoms with Gasteiger partial charge in [-0.25, -0.2) is 4.98 Å². The van der Waals surface area contributed by atoms with Crippen molar-refractivity contribution in [1.82, 2.24) is 10.3 Å². The lowest BCUT2D eigenvalue weighted by atomic mass is 10.1. The summed E-state index contributed by atoms with van der Waals surface area (Å²) in [6.07, 6.45) is 0. The zero-order valence-electron chi connectivity index (χ0n) is 13.3. The summed E-state index contributed by atoms with van der Waals surface area (Å²) in [6.45, 7) is 10.9. The molecule has 0 saturated carbocycles. The van der Waals surface area contributed by atoms with Crippen LogP contribution in [0.3, 0.4) is 0 Å². The van der Waals surface area contributed by atoms with Crippen molar-refractivity contribution in [3.8, 4) is 5.75 Å². The van der Waals surface area contributed by atoms with Crippen molar-refractivity contribution in [1.29, 1.82) is 0 Å². The predicted octanol–water partition coefficient (Wildman–Crippen LogP) is 4.08. The van der Waals surface area contributed by atoms with Gasteiger partial charge in [0, 0.05) is 23.2 Å². The van der Waals surface area contributed by atoms with Gasteiger partial charge in [-0.3, -0.25) is 0 Å². The van der Waals surface area contributed by atoms with Crippen LogP contribution in [0.2, 0.25) is 0 Å². The van der Waals surface area contributed by atoms with Crippen molar-refractivity contribution in [2.45, 2.75) is 40.8 Å². The molecule has 0 amide bonds. The van der Waals surface area contributed by atoms with Crippen molar-refractivity contribution >= 4 is 11.3 Å². The van der Waals surface area contributed by atoms with Gasteiger partial charge in [0.05, 0.1) is 0 Å². The molecule has 1 aromatic carbocycles. The highest BCUT2D eigenvalue weighted by atomic mass is 32.1. The zero-order chi connectivity index (χ0) is 15.2. The van der Waals surface area contributed by atoms with Crippen molar-refractivity contribution in [3.05, 3.63) is 45.4 Å². The van der Waals surface area contributed by atoms with Crippen molar-refractivity contribution in [3.63, 3.8) is 0 Å². The van der Waals surface area contributed by atoms with E-state index in [2.05, 4.69) is 54.7 Å². The maximum Gasteiger partial charge on any atom is 0.140 e. The van der Waals surface area contributed by atoms with Crippen LogP contribution >= 0.6 is 11.3 Å². The van der Waals surface area contributed by atoms with Crippen molar-refractivity contribution in [2.24, 2.45) is 5.92 Å². The minimum absolute atomic E-state index is 0.542. The molecule has 0 spiro atoms. The number of benzene rings is 1. The Morgan fingerprint density at radius 2 is 2.10 bits per heavy atom. The van der Waals surface area contributed by atoms with Crippen LogP contribution in [0.5, 0.6) is 5.75 Å². The number of nitrogens with one attached hydrogen (secondary N) is 1. The van der Waals surface area contributed by atoms with Crippen LogP contribution in [0.25, 0.3) is 0 Å². The summed E-state index contributed by atoms with van der Waals surface area (Å²) < 4.78 is 6.03. The first-order chi connectivity index (χ1) is 10.1. The molecule has 0 bridgehead atoms. The van der Waals surface area contributed by atoms with E-state index in [1.54, 1.807) is 11.3 Å². The Morgan fingerprint density at radius 1 is 1.29 bits per heavy atom. The Hall–Kier alpha value is -1.39. The molecular formula is C17H24N2OS.